The lowest BCUT2D eigenvalue weighted by atomic mass is 10.1. The topological polar surface area (TPSA) is 87.2 Å². The number of hydrogen-bond donors (Lipinski definition) is 1. The van der Waals surface area contributed by atoms with E-state index in [9.17, 15) is 4.79 Å². The Bertz CT molecular complexity index is 1190. The first-order valence-corrected chi connectivity index (χ1v) is 9.14. The number of methoxy groups -OCH3 is 1. The van der Waals surface area contributed by atoms with E-state index in [0.717, 1.165) is 11.1 Å². The van der Waals surface area contributed by atoms with Crippen LogP contribution in [0.2, 0.25) is 5.02 Å². The molecule has 4 rings (SSSR count). The van der Waals surface area contributed by atoms with Crippen LogP contribution >= 0.6 is 24.2 Å². The molecular weight excluding hydrogens is 388 g/mol. The minimum Gasteiger partial charge on any atom is -0.378 e. The second-order valence-corrected chi connectivity index (χ2v) is 6.72. The van der Waals surface area contributed by atoms with Gasteiger partial charge in [0.2, 0.25) is 0 Å². The largest absolute Gasteiger partial charge is 0.378 e. The molecule has 27 heavy (non-hydrogen) atoms. The summed E-state index contributed by atoms with van der Waals surface area (Å²) in [7, 11) is 1.59. The lowest BCUT2D eigenvalue weighted by Gasteiger charge is -2.05. The summed E-state index contributed by atoms with van der Waals surface area (Å²) in [6.45, 7) is 0.716. The minimum atomic E-state index is -0.278. The van der Waals surface area contributed by atoms with Crippen LogP contribution in [0.4, 0.5) is 0 Å². The van der Waals surface area contributed by atoms with Crippen molar-refractivity contribution in [3.05, 3.63) is 51.7 Å². The van der Waals surface area contributed by atoms with Gasteiger partial charge >= 0.3 is 0 Å². The number of ether oxygens (including phenoxy) is 1. The first-order valence-electron chi connectivity index (χ1n) is 8.13. The standard InChI is InChI=1S/C17H15ClN6O2S/c1-26-8-12-13(10-2-4-11(18)5-3-10)15-21-20-14-16(24(15)22-12)19-9-23(6-7-27)17(14)25/h2-5,9,27H,6-8H2,1H3. The lowest BCUT2D eigenvalue weighted by molar-refractivity contribution is 0.181. The van der Waals surface area contributed by atoms with Crippen molar-refractivity contribution in [1.29, 1.82) is 0 Å². The number of halogens is 1. The third kappa shape index (κ3) is 3.07. The molecule has 8 nitrogen and oxygen atoms in total. The van der Waals surface area contributed by atoms with E-state index in [4.69, 9.17) is 16.3 Å². The molecule has 4 aromatic rings. The second kappa shape index (κ2) is 7.26. The van der Waals surface area contributed by atoms with Crippen LogP contribution in [0.15, 0.2) is 35.4 Å². The Morgan fingerprint density at radius 1 is 1.19 bits per heavy atom. The summed E-state index contributed by atoms with van der Waals surface area (Å²) in [6.07, 6.45) is 1.47. The van der Waals surface area contributed by atoms with Gasteiger partial charge in [-0.2, -0.15) is 22.2 Å². The SMILES string of the molecule is COCc1nn2c(nnc3c(=O)n(CCS)cnc32)c1-c1ccc(Cl)cc1. The van der Waals surface area contributed by atoms with E-state index >= 15 is 0 Å². The monoisotopic (exact) mass is 402 g/mol. The van der Waals surface area contributed by atoms with E-state index < -0.39 is 0 Å². The molecule has 3 aromatic heterocycles. The van der Waals surface area contributed by atoms with E-state index in [1.807, 2.05) is 12.1 Å². The molecule has 0 amide bonds. The predicted octanol–water partition coefficient (Wildman–Crippen LogP) is 2.23. The Kier molecular flexibility index (Phi) is 4.81. The van der Waals surface area contributed by atoms with E-state index in [1.165, 1.54) is 15.4 Å². The van der Waals surface area contributed by atoms with Gasteiger partial charge in [0.15, 0.2) is 16.8 Å². The average Bonchev–Trinajstić information content (AvgIpc) is 3.03. The first kappa shape index (κ1) is 17.9. The molecule has 0 aliphatic carbocycles. The van der Waals surface area contributed by atoms with Crippen molar-refractivity contribution in [2.24, 2.45) is 0 Å². The van der Waals surface area contributed by atoms with Crippen molar-refractivity contribution < 1.29 is 4.74 Å². The normalized spacial score (nSPS) is 11.5. The zero-order chi connectivity index (χ0) is 19.0. The molecule has 0 saturated heterocycles. The molecule has 0 saturated carbocycles. The van der Waals surface area contributed by atoms with Crippen molar-refractivity contribution in [2.45, 2.75) is 13.2 Å². The van der Waals surface area contributed by atoms with Gasteiger partial charge in [0.25, 0.3) is 5.56 Å². The number of thiol groups is 1. The maximum Gasteiger partial charge on any atom is 0.283 e. The minimum absolute atomic E-state index is 0.154. The molecule has 1 aromatic carbocycles. The highest BCUT2D eigenvalue weighted by Gasteiger charge is 2.20. The second-order valence-electron chi connectivity index (χ2n) is 5.84. The molecule has 0 atom stereocenters. The Morgan fingerprint density at radius 3 is 2.67 bits per heavy atom. The fourth-order valence-electron chi connectivity index (χ4n) is 2.92. The quantitative estimate of drug-likeness (QED) is 0.515. The van der Waals surface area contributed by atoms with Gasteiger partial charge in [-0.3, -0.25) is 9.36 Å². The van der Waals surface area contributed by atoms with Gasteiger partial charge in [0, 0.05) is 24.4 Å². The molecular formula is C17H15ClN6O2S. The molecule has 0 aliphatic heterocycles. The molecule has 0 N–H and O–H groups in total. The summed E-state index contributed by atoms with van der Waals surface area (Å²) in [4.78, 5) is 17.0. The number of aryl methyl sites for hydroxylation is 1. The number of hydrogen-bond acceptors (Lipinski definition) is 7. The number of fused-ring (bicyclic) bond motifs is 3. The summed E-state index contributed by atoms with van der Waals surface area (Å²) in [5.74, 6) is 0.517. The highest BCUT2D eigenvalue weighted by atomic mass is 35.5. The van der Waals surface area contributed by atoms with Gasteiger partial charge in [-0.15, -0.1) is 10.2 Å². The maximum absolute atomic E-state index is 12.6. The highest BCUT2D eigenvalue weighted by Crippen LogP contribution is 2.29. The van der Waals surface area contributed by atoms with Crippen molar-refractivity contribution in [1.82, 2.24) is 29.4 Å². The summed E-state index contributed by atoms with van der Waals surface area (Å²) < 4.78 is 8.27. The zero-order valence-electron chi connectivity index (χ0n) is 14.3. The van der Waals surface area contributed by atoms with Crippen molar-refractivity contribution in [3.63, 3.8) is 0 Å². The Hall–Kier alpha value is -2.49. The van der Waals surface area contributed by atoms with E-state index in [2.05, 4.69) is 32.9 Å². The Balaban J connectivity index is 2.02. The molecule has 0 aliphatic rings. The molecule has 0 unspecified atom stereocenters. The van der Waals surface area contributed by atoms with Crippen LogP contribution < -0.4 is 5.56 Å². The third-order valence-electron chi connectivity index (χ3n) is 4.13. The summed E-state index contributed by atoms with van der Waals surface area (Å²) in [5, 5.41) is 13.6. The zero-order valence-corrected chi connectivity index (χ0v) is 16.0. The van der Waals surface area contributed by atoms with Gasteiger partial charge < -0.3 is 4.74 Å². The van der Waals surface area contributed by atoms with Gasteiger partial charge in [0.05, 0.1) is 17.9 Å². The van der Waals surface area contributed by atoms with E-state index in [0.29, 0.717) is 34.3 Å². The number of nitrogens with zero attached hydrogens (tertiary/aromatic N) is 6. The molecule has 0 fully saturated rings. The fraction of sp³-hybridized carbons (Fsp3) is 0.235. The van der Waals surface area contributed by atoms with E-state index in [1.54, 1.807) is 19.2 Å². The summed E-state index contributed by atoms with van der Waals surface area (Å²) in [6, 6.07) is 7.34. The van der Waals surface area contributed by atoms with Gasteiger partial charge in [-0.05, 0) is 17.7 Å². The summed E-state index contributed by atoms with van der Waals surface area (Å²) >= 11 is 10.2. The van der Waals surface area contributed by atoms with Crippen LogP contribution in [0.3, 0.4) is 0 Å². The van der Waals surface area contributed by atoms with Gasteiger partial charge in [-0.25, -0.2) is 4.98 Å². The van der Waals surface area contributed by atoms with Gasteiger partial charge in [0.1, 0.15) is 6.33 Å². The Labute approximate surface area is 164 Å². The average molecular weight is 403 g/mol. The fourth-order valence-corrected chi connectivity index (χ4v) is 3.26. The smallest absolute Gasteiger partial charge is 0.283 e. The lowest BCUT2D eigenvalue weighted by Crippen LogP contribution is -2.23. The number of aromatic nitrogens is 6. The van der Waals surface area contributed by atoms with Crippen molar-refractivity contribution >= 4 is 41.0 Å². The van der Waals surface area contributed by atoms with Crippen molar-refractivity contribution in [3.8, 4) is 11.1 Å². The van der Waals surface area contributed by atoms with Crippen LogP contribution in [0, 0.1) is 0 Å². The molecule has 0 radical (unpaired) electrons. The van der Waals surface area contributed by atoms with Crippen LogP contribution in [-0.2, 0) is 17.9 Å². The molecule has 10 heteroatoms. The van der Waals surface area contributed by atoms with Crippen LogP contribution in [-0.4, -0.2) is 42.2 Å². The van der Waals surface area contributed by atoms with E-state index in [-0.39, 0.29) is 17.7 Å². The van der Waals surface area contributed by atoms with Crippen LogP contribution in [0.25, 0.3) is 27.9 Å². The molecule has 3 heterocycles. The Morgan fingerprint density at radius 2 is 1.96 bits per heavy atom. The van der Waals surface area contributed by atoms with Gasteiger partial charge in [-0.1, -0.05) is 23.7 Å². The summed E-state index contributed by atoms with van der Waals surface area (Å²) in [5.41, 5.74) is 3.03. The molecule has 0 spiro atoms. The maximum atomic E-state index is 12.6. The van der Waals surface area contributed by atoms with Crippen LogP contribution in [0.5, 0.6) is 0 Å². The predicted molar refractivity (Wildman–Crippen MR) is 105 cm³/mol. The third-order valence-corrected chi connectivity index (χ3v) is 4.58. The number of benzene rings is 1. The highest BCUT2D eigenvalue weighted by molar-refractivity contribution is 7.80. The number of rotatable bonds is 5. The molecule has 138 valence electrons. The van der Waals surface area contributed by atoms with Crippen molar-refractivity contribution in [2.75, 3.05) is 12.9 Å². The first-order chi connectivity index (χ1) is 13.1. The van der Waals surface area contributed by atoms with Crippen LogP contribution in [0.1, 0.15) is 5.69 Å². The molecule has 0 bridgehead atoms.